The van der Waals surface area contributed by atoms with Gasteiger partial charge in [-0.25, -0.2) is 15.0 Å². The van der Waals surface area contributed by atoms with Crippen LogP contribution in [0.25, 0.3) is 11.4 Å². The van der Waals surface area contributed by atoms with Crippen LogP contribution in [0, 0.1) is 6.92 Å². The highest BCUT2D eigenvalue weighted by Crippen LogP contribution is 2.34. The number of amides is 1. The van der Waals surface area contributed by atoms with E-state index in [1.54, 1.807) is 29.6 Å². The van der Waals surface area contributed by atoms with Crippen molar-refractivity contribution in [2.75, 3.05) is 6.54 Å². The summed E-state index contributed by atoms with van der Waals surface area (Å²) >= 11 is 6.01. The zero-order valence-corrected chi connectivity index (χ0v) is 19.1. The summed E-state index contributed by atoms with van der Waals surface area (Å²) in [6.45, 7) is 4.15. The van der Waals surface area contributed by atoms with Crippen LogP contribution in [-0.2, 0) is 6.18 Å². The Morgan fingerprint density at radius 3 is 2.56 bits per heavy atom. The van der Waals surface area contributed by atoms with Crippen LogP contribution in [0.4, 0.5) is 13.2 Å². The van der Waals surface area contributed by atoms with E-state index in [1.165, 1.54) is 0 Å². The van der Waals surface area contributed by atoms with Crippen LogP contribution >= 0.6 is 11.6 Å². The summed E-state index contributed by atoms with van der Waals surface area (Å²) in [6, 6.07) is 3.87. The maximum Gasteiger partial charge on any atom is 0.417 e. The van der Waals surface area contributed by atoms with Crippen LogP contribution in [0.15, 0.2) is 43.0 Å². The molecule has 34 heavy (non-hydrogen) atoms. The van der Waals surface area contributed by atoms with Gasteiger partial charge in [0.15, 0.2) is 5.82 Å². The Kier molecular flexibility index (Phi) is 6.70. The first-order valence-corrected chi connectivity index (χ1v) is 11.0. The number of alkyl halides is 3. The van der Waals surface area contributed by atoms with E-state index in [0.29, 0.717) is 37.0 Å². The standard InChI is InChI=1S/C23H21ClF3N5O2/c1-13-9-16(20-28-6-4-7-29-20)19(30-11-13)22(33)32-8-3-5-18(14(32)2)34-21-17(24)10-15(12-31-21)23(25,26)27/h4,6-7,9-12,14,18H,3,5,8H2,1-2H3/t14-,18+/m0/s1. The van der Waals surface area contributed by atoms with Crippen molar-refractivity contribution in [1.82, 2.24) is 24.8 Å². The maximum absolute atomic E-state index is 13.5. The number of carbonyl (C=O) groups excluding carboxylic acids is 1. The zero-order chi connectivity index (χ0) is 24.5. The minimum absolute atomic E-state index is 0.104. The molecule has 0 saturated carbocycles. The van der Waals surface area contributed by atoms with E-state index >= 15 is 0 Å². The van der Waals surface area contributed by atoms with Gasteiger partial charge in [-0.3, -0.25) is 9.78 Å². The van der Waals surface area contributed by atoms with Crippen molar-refractivity contribution in [3.63, 3.8) is 0 Å². The molecule has 1 amide bonds. The van der Waals surface area contributed by atoms with Gasteiger partial charge in [-0.05, 0) is 50.5 Å². The largest absolute Gasteiger partial charge is 0.471 e. The monoisotopic (exact) mass is 491 g/mol. The molecule has 178 valence electrons. The molecule has 4 rings (SSSR count). The summed E-state index contributed by atoms with van der Waals surface area (Å²) in [6.07, 6.45) is 1.61. The van der Waals surface area contributed by atoms with E-state index < -0.39 is 23.9 Å². The van der Waals surface area contributed by atoms with Crippen LogP contribution in [0.2, 0.25) is 5.02 Å². The fourth-order valence-electron chi connectivity index (χ4n) is 3.85. The first-order valence-electron chi connectivity index (χ1n) is 10.6. The molecule has 3 aromatic heterocycles. The first kappa shape index (κ1) is 23.9. The van der Waals surface area contributed by atoms with Gasteiger partial charge in [-0.1, -0.05) is 11.6 Å². The first-order chi connectivity index (χ1) is 16.1. The fourth-order valence-corrected chi connectivity index (χ4v) is 4.06. The van der Waals surface area contributed by atoms with Crippen LogP contribution in [-0.4, -0.2) is 49.4 Å². The normalized spacial score (nSPS) is 18.6. The molecule has 2 atom stereocenters. The minimum Gasteiger partial charge on any atom is -0.471 e. The minimum atomic E-state index is -4.56. The van der Waals surface area contributed by atoms with Gasteiger partial charge in [0.25, 0.3) is 5.91 Å². The number of ether oxygens (including phenoxy) is 1. The molecule has 7 nitrogen and oxygen atoms in total. The second-order valence-corrected chi connectivity index (χ2v) is 8.43. The highest BCUT2D eigenvalue weighted by atomic mass is 35.5. The van der Waals surface area contributed by atoms with Crippen molar-refractivity contribution < 1.29 is 22.7 Å². The van der Waals surface area contributed by atoms with E-state index in [0.717, 1.165) is 11.6 Å². The third-order valence-electron chi connectivity index (χ3n) is 5.61. The molecule has 0 N–H and O–H groups in total. The van der Waals surface area contributed by atoms with Gasteiger partial charge >= 0.3 is 6.18 Å². The lowest BCUT2D eigenvalue weighted by Crippen LogP contribution is -2.51. The molecule has 11 heteroatoms. The molecule has 1 aliphatic heterocycles. The Balaban J connectivity index is 1.58. The van der Waals surface area contributed by atoms with E-state index in [2.05, 4.69) is 19.9 Å². The van der Waals surface area contributed by atoms with Gasteiger partial charge in [-0.2, -0.15) is 13.2 Å². The van der Waals surface area contributed by atoms with Gasteiger partial charge in [0.2, 0.25) is 5.88 Å². The molecule has 3 aromatic rings. The van der Waals surface area contributed by atoms with Crippen molar-refractivity contribution >= 4 is 17.5 Å². The number of aryl methyl sites for hydroxylation is 1. The van der Waals surface area contributed by atoms with Gasteiger partial charge in [0.1, 0.15) is 16.8 Å². The Hall–Kier alpha value is -3.27. The Labute approximate surface area is 199 Å². The summed E-state index contributed by atoms with van der Waals surface area (Å²) in [7, 11) is 0. The molecule has 0 unspecified atom stereocenters. The Bertz CT molecular complexity index is 1190. The van der Waals surface area contributed by atoms with Crippen LogP contribution in [0.1, 0.15) is 41.4 Å². The predicted molar refractivity (Wildman–Crippen MR) is 118 cm³/mol. The molecular formula is C23H21ClF3N5O2. The number of likely N-dealkylation sites (tertiary alicyclic amines) is 1. The number of nitrogens with zero attached hydrogens (tertiary/aromatic N) is 5. The SMILES string of the molecule is Cc1cnc(C(=O)N2CCC[C@@H](Oc3ncc(C(F)(F)F)cc3Cl)[C@@H]2C)c(-c2ncccn2)c1. The summed E-state index contributed by atoms with van der Waals surface area (Å²) < 4.78 is 44.6. The smallest absolute Gasteiger partial charge is 0.417 e. The second-order valence-electron chi connectivity index (χ2n) is 8.03. The van der Waals surface area contributed by atoms with E-state index in [9.17, 15) is 18.0 Å². The number of aromatic nitrogens is 4. The molecule has 1 fully saturated rings. The Morgan fingerprint density at radius 2 is 1.88 bits per heavy atom. The van der Waals surface area contributed by atoms with Crippen molar-refractivity contribution in [2.24, 2.45) is 0 Å². The zero-order valence-electron chi connectivity index (χ0n) is 18.4. The fraction of sp³-hybridized carbons (Fsp3) is 0.348. The highest BCUT2D eigenvalue weighted by molar-refractivity contribution is 6.31. The second kappa shape index (κ2) is 9.54. The molecular weight excluding hydrogens is 471 g/mol. The van der Waals surface area contributed by atoms with Crippen LogP contribution < -0.4 is 4.74 Å². The lowest BCUT2D eigenvalue weighted by atomic mass is 9.98. The third-order valence-corrected chi connectivity index (χ3v) is 5.88. The van der Waals surface area contributed by atoms with Gasteiger partial charge in [0.05, 0.1) is 17.2 Å². The van der Waals surface area contributed by atoms with Crippen molar-refractivity contribution in [2.45, 2.75) is 45.0 Å². The number of halogens is 4. The van der Waals surface area contributed by atoms with Crippen molar-refractivity contribution in [3.8, 4) is 17.3 Å². The molecule has 0 radical (unpaired) electrons. The highest BCUT2D eigenvalue weighted by Gasteiger charge is 2.36. The van der Waals surface area contributed by atoms with Gasteiger partial charge in [0, 0.05) is 31.3 Å². The molecule has 4 heterocycles. The molecule has 1 aliphatic rings. The molecule has 0 aromatic carbocycles. The summed E-state index contributed by atoms with van der Waals surface area (Å²) in [5, 5.41) is -0.241. The van der Waals surface area contributed by atoms with Gasteiger partial charge < -0.3 is 9.64 Å². The van der Waals surface area contributed by atoms with Crippen molar-refractivity contribution in [3.05, 3.63) is 64.8 Å². The molecule has 0 bridgehead atoms. The quantitative estimate of drug-likeness (QED) is 0.511. The average molecular weight is 492 g/mol. The van der Waals surface area contributed by atoms with Gasteiger partial charge in [-0.15, -0.1) is 0 Å². The molecule has 1 saturated heterocycles. The third kappa shape index (κ3) is 4.96. The lowest BCUT2D eigenvalue weighted by molar-refractivity contribution is -0.137. The topological polar surface area (TPSA) is 81.1 Å². The average Bonchev–Trinajstić information content (AvgIpc) is 2.81. The number of hydrogen-bond donors (Lipinski definition) is 0. The summed E-state index contributed by atoms with van der Waals surface area (Å²) in [5.74, 6) is -0.0253. The summed E-state index contributed by atoms with van der Waals surface area (Å²) in [5.41, 5.74) is 0.637. The Morgan fingerprint density at radius 1 is 1.15 bits per heavy atom. The number of hydrogen-bond acceptors (Lipinski definition) is 6. The van der Waals surface area contributed by atoms with E-state index in [1.807, 2.05) is 19.9 Å². The summed E-state index contributed by atoms with van der Waals surface area (Å²) in [4.78, 5) is 31.8. The van der Waals surface area contributed by atoms with Crippen LogP contribution in [0.3, 0.4) is 0 Å². The lowest BCUT2D eigenvalue weighted by Gasteiger charge is -2.39. The number of piperidine rings is 1. The predicted octanol–water partition coefficient (Wildman–Crippen LogP) is 4.99. The number of carbonyl (C=O) groups is 1. The van der Waals surface area contributed by atoms with E-state index in [4.69, 9.17) is 16.3 Å². The number of pyridine rings is 2. The van der Waals surface area contributed by atoms with E-state index in [-0.39, 0.29) is 22.5 Å². The van der Waals surface area contributed by atoms with Crippen molar-refractivity contribution in [1.29, 1.82) is 0 Å². The maximum atomic E-state index is 13.5. The molecule has 0 aliphatic carbocycles. The number of rotatable bonds is 4. The van der Waals surface area contributed by atoms with Crippen LogP contribution in [0.5, 0.6) is 5.88 Å². The molecule has 0 spiro atoms.